The third-order valence-electron chi connectivity index (χ3n) is 6.94. The van der Waals surface area contributed by atoms with Gasteiger partial charge in [-0.3, -0.25) is 0 Å². The van der Waals surface area contributed by atoms with E-state index in [1.165, 1.54) is 6.33 Å². The number of unbranched alkanes of at least 4 members (excludes halogenated alkanes) is 1. The first-order valence-electron chi connectivity index (χ1n) is 15.2. The SMILES string of the molecule is CCCCOC(=O)COc1cc(Nc2ncnc3[nH]cc(CN(C)CCCNC)c23)ccc1OCCOc1ccc(OC)cc1.Cl.Cl. The van der Waals surface area contributed by atoms with Gasteiger partial charge < -0.3 is 44.2 Å². The first-order valence-corrected chi connectivity index (χ1v) is 15.2. The van der Waals surface area contributed by atoms with Gasteiger partial charge in [0, 0.05) is 24.5 Å². The van der Waals surface area contributed by atoms with Gasteiger partial charge in [-0.05, 0) is 82.0 Å². The Kier molecular flexibility index (Phi) is 17.5. The van der Waals surface area contributed by atoms with E-state index in [0.29, 0.717) is 42.0 Å². The molecular formula is C33H46Cl2N6O6. The number of nitrogens with one attached hydrogen (secondary N) is 3. The Labute approximate surface area is 288 Å². The lowest BCUT2D eigenvalue weighted by molar-refractivity contribution is -0.146. The lowest BCUT2D eigenvalue weighted by atomic mass is 10.2. The van der Waals surface area contributed by atoms with Crippen molar-refractivity contribution in [3.8, 4) is 23.0 Å². The van der Waals surface area contributed by atoms with Crippen LogP contribution in [0.3, 0.4) is 0 Å². The van der Waals surface area contributed by atoms with Crippen molar-refractivity contribution in [1.82, 2.24) is 25.2 Å². The fraction of sp³-hybridized carbons (Fsp3) is 0.424. The van der Waals surface area contributed by atoms with E-state index < -0.39 is 5.97 Å². The Morgan fingerprint density at radius 3 is 2.45 bits per heavy atom. The number of H-pyrrole nitrogens is 1. The molecule has 0 saturated heterocycles. The lowest BCUT2D eigenvalue weighted by Crippen LogP contribution is -2.22. The van der Waals surface area contributed by atoms with Crippen LogP contribution in [0.4, 0.5) is 11.5 Å². The van der Waals surface area contributed by atoms with Crippen molar-refractivity contribution >= 4 is 53.3 Å². The number of aromatic nitrogens is 3. The van der Waals surface area contributed by atoms with Gasteiger partial charge in [-0.25, -0.2) is 14.8 Å². The van der Waals surface area contributed by atoms with Crippen LogP contribution in [-0.4, -0.2) is 86.5 Å². The molecule has 4 aromatic rings. The number of esters is 1. The molecule has 258 valence electrons. The Bertz CT molecular complexity index is 1490. The number of anilines is 2. The van der Waals surface area contributed by atoms with Gasteiger partial charge in [-0.2, -0.15) is 0 Å². The normalized spacial score (nSPS) is 10.6. The van der Waals surface area contributed by atoms with Crippen LogP contribution in [0.15, 0.2) is 55.0 Å². The molecule has 12 nitrogen and oxygen atoms in total. The molecule has 0 fully saturated rings. The van der Waals surface area contributed by atoms with Crippen LogP contribution in [0.1, 0.15) is 31.7 Å². The first-order chi connectivity index (χ1) is 22.0. The number of carbonyl (C=O) groups is 1. The smallest absolute Gasteiger partial charge is 0.344 e. The number of fused-ring (bicyclic) bond motifs is 1. The van der Waals surface area contributed by atoms with Crippen LogP contribution >= 0.6 is 24.8 Å². The summed E-state index contributed by atoms with van der Waals surface area (Å²) in [7, 11) is 5.68. The number of nitrogens with zero attached hydrogens (tertiary/aromatic N) is 3. The van der Waals surface area contributed by atoms with Crippen molar-refractivity contribution in [1.29, 1.82) is 0 Å². The van der Waals surface area contributed by atoms with E-state index in [2.05, 4.69) is 37.5 Å². The summed E-state index contributed by atoms with van der Waals surface area (Å²) in [5.41, 5.74) is 2.54. The van der Waals surface area contributed by atoms with Gasteiger partial charge in [-0.15, -0.1) is 24.8 Å². The number of aromatic amines is 1. The summed E-state index contributed by atoms with van der Waals surface area (Å²) in [6.45, 7) is 5.39. The number of hydrogen-bond donors (Lipinski definition) is 3. The molecule has 0 saturated carbocycles. The molecule has 0 aliphatic carbocycles. The topological polar surface area (TPSA) is 132 Å². The summed E-state index contributed by atoms with van der Waals surface area (Å²) in [6, 6.07) is 12.8. The molecule has 0 aliphatic heterocycles. The summed E-state index contributed by atoms with van der Waals surface area (Å²) >= 11 is 0. The summed E-state index contributed by atoms with van der Waals surface area (Å²) in [5, 5.41) is 7.51. The van der Waals surface area contributed by atoms with Gasteiger partial charge in [0.25, 0.3) is 0 Å². The summed E-state index contributed by atoms with van der Waals surface area (Å²) < 4.78 is 28.2. The molecule has 0 aliphatic rings. The molecule has 2 aromatic carbocycles. The van der Waals surface area contributed by atoms with E-state index in [9.17, 15) is 4.79 Å². The molecule has 0 bridgehead atoms. The minimum Gasteiger partial charge on any atom is -0.497 e. The maximum Gasteiger partial charge on any atom is 0.344 e. The fourth-order valence-corrected chi connectivity index (χ4v) is 4.59. The van der Waals surface area contributed by atoms with E-state index in [1.807, 2.05) is 50.5 Å². The Balaban J connectivity index is 0.00000384. The van der Waals surface area contributed by atoms with Gasteiger partial charge in [-0.1, -0.05) is 13.3 Å². The molecule has 0 radical (unpaired) electrons. The molecule has 2 aromatic heterocycles. The van der Waals surface area contributed by atoms with E-state index >= 15 is 0 Å². The lowest BCUT2D eigenvalue weighted by Gasteiger charge is -2.17. The van der Waals surface area contributed by atoms with Gasteiger partial charge in [0.05, 0.1) is 19.1 Å². The van der Waals surface area contributed by atoms with Crippen LogP contribution in [-0.2, 0) is 16.1 Å². The van der Waals surface area contributed by atoms with E-state index in [0.717, 1.165) is 61.2 Å². The van der Waals surface area contributed by atoms with Crippen LogP contribution in [0.2, 0.25) is 0 Å². The maximum atomic E-state index is 12.3. The highest BCUT2D eigenvalue weighted by Gasteiger charge is 2.15. The van der Waals surface area contributed by atoms with Crippen molar-refractivity contribution < 1.29 is 28.5 Å². The number of ether oxygens (including phenoxy) is 5. The quantitative estimate of drug-likeness (QED) is 0.0770. The van der Waals surface area contributed by atoms with Crippen molar-refractivity contribution in [2.75, 3.05) is 66.0 Å². The Morgan fingerprint density at radius 1 is 0.936 bits per heavy atom. The molecule has 14 heteroatoms. The van der Waals surface area contributed by atoms with E-state index in [1.54, 1.807) is 19.2 Å². The van der Waals surface area contributed by atoms with Crippen molar-refractivity contribution in [2.24, 2.45) is 0 Å². The molecule has 47 heavy (non-hydrogen) atoms. The van der Waals surface area contributed by atoms with Gasteiger partial charge in [0.1, 0.15) is 42.5 Å². The van der Waals surface area contributed by atoms with Crippen molar-refractivity contribution in [2.45, 2.75) is 32.7 Å². The predicted molar refractivity (Wildman–Crippen MR) is 188 cm³/mol. The molecule has 0 atom stereocenters. The predicted octanol–water partition coefficient (Wildman–Crippen LogP) is 5.77. The van der Waals surface area contributed by atoms with Gasteiger partial charge in [0.15, 0.2) is 18.1 Å². The summed E-state index contributed by atoms with van der Waals surface area (Å²) in [6.07, 6.45) is 6.28. The highest BCUT2D eigenvalue weighted by molar-refractivity contribution is 5.92. The minimum atomic E-state index is -0.441. The zero-order valence-electron chi connectivity index (χ0n) is 27.4. The number of rotatable bonds is 20. The molecule has 0 unspecified atom stereocenters. The van der Waals surface area contributed by atoms with Crippen LogP contribution < -0.4 is 29.6 Å². The van der Waals surface area contributed by atoms with Gasteiger partial charge >= 0.3 is 5.97 Å². The Hall–Kier alpha value is -3.97. The van der Waals surface area contributed by atoms with Crippen LogP contribution in [0.25, 0.3) is 11.0 Å². The monoisotopic (exact) mass is 692 g/mol. The zero-order chi connectivity index (χ0) is 31.9. The third kappa shape index (κ3) is 12.3. The first kappa shape index (κ1) is 39.2. The van der Waals surface area contributed by atoms with Gasteiger partial charge in [0.2, 0.25) is 0 Å². The second-order valence-corrected chi connectivity index (χ2v) is 10.5. The third-order valence-corrected chi connectivity index (χ3v) is 6.94. The molecular weight excluding hydrogens is 647 g/mol. The average Bonchev–Trinajstić information content (AvgIpc) is 3.46. The molecule has 0 amide bonds. The standard InChI is InChI=1S/C33H44N6O6.2ClH/c1-5-6-16-44-30(40)22-45-29-19-25(8-13-28(29)43-18-17-42-27-11-9-26(41-4)10-12-27)38-33-31-24(20-35-32(31)36-23-37-33)21-39(3)15-7-14-34-2;;/h8-13,19-20,23,34H,5-7,14-18,21-22H2,1-4H3,(H2,35,36,37,38);2*1H. The largest absolute Gasteiger partial charge is 0.497 e. The molecule has 3 N–H and O–H groups in total. The Morgan fingerprint density at radius 2 is 1.70 bits per heavy atom. The highest BCUT2D eigenvalue weighted by atomic mass is 35.5. The second-order valence-electron chi connectivity index (χ2n) is 10.5. The number of hydrogen-bond acceptors (Lipinski definition) is 11. The molecule has 0 spiro atoms. The number of carbonyl (C=O) groups excluding carboxylic acids is 1. The summed E-state index contributed by atoms with van der Waals surface area (Å²) in [5.74, 6) is 2.54. The number of halogens is 2. The minimum absolute atomic E-state index is 0. The van der Waals surface area contributed by atoms with E-state index in [-0.39, 0.29) is 38.0 Å². The number of benzene rings is 2. The van der Waals surface area contributed by atoms with E-state index in [4.69, 9.17) is 23.7 Å². The maximum absolute atomic E-state index is 12.3. The number of methoxy groups -OCH3 is 1. The fourth-order valence-electron chi connectivity index (χ4n) is 4.59. The molecule has 4 rings (SSSR count). The van der Waals surface area contributed by atoms with Crippen molar-refractivity contribution in [3.05, 3.63) is 60.6 Å². The summed E-state index contributed by atoms with van der Waals surface area (Å²) in [4.78, 5) is 26.8. The second kappa shape index (κ2) is 21.0. The highest BCUT2D eigenvalue weighted by Crippen LogP contribution is 2.33. The zero-order valence-corrected chi connectivity index (χ0v) is 29.0. The van der Waals surface area contributed by atoms with Crippen LogP contribution in [0.5, 0.6) is 23.0 Å². The van der Waals surface area contributed by atoms with Crippen molar-refractivity contribution in [3.63, 3.8) is 0 Å². The average molecular weight is 694 g/mol. The van der Waals surface area contributed by atoms with Crippen LogP contribution in [0, 0.1) is 0 Å². The molecule has 2 heterocycles.